The van der Waals surface area contributed by atoms with Crippen LogP contribution in [0.2, 0.25) is 12.6 Å². The van der Waals surface area contributed by atoms with Crippen LogP contribution in [0.25, 0.3) is 0 Å². The van der Waals surface area contributed by atoms with Gasteiger partial charge in [-0.1, -0.05) is 52.2 Å². The van der Waals surface area contributed by atoms with E-state index in [2.05, 4.69) is 36.2 Å². The SMILES string of the molecule is CCCCB(I)CCCC. The van der Waals surface area contributed by atoms with Crippen molar-refractivity contribution in [2.45, 2.75) is 52.2 Å². The zero-order valence-corrected chi connectivity index (χ0v) is 9.36. The molecule has 0 atom stereocenters. The molecule has 0 saturated carbocycles. The fourth-order valence-electron chi connectivity index (χ4n) is 0.996. The van der Waals surface area contributed by atoms with Crippen LogP contribution in [0.5, 0.6) is 0 Å². The summed E-state index contributed by atoms with van der Waals surface area (Å²) in [5.41, 5.74) is 0. The van der Waals surface area contributed by atoms with Crippen molar-refractivity contribution in [3.63, 3.8) is 0 Å². The van der Waals surface area contributed by atoms with Crippen LogP contribution in [-0.4, -0.2) is 4.57 Å². The molecule has 0 amide bonds. The molecule has 60 valence electrons. The van der Waals surface area contributed by atoms with Crippen LogP contribution < -0.4 is 0 Å². The summed E-state index contributed by atoms with van der Waals surface area (Å²) in [6, 6.07) is 0. The lowest BCUT2D eigenvalue weighted by molar-refractivity contribution is 0.850. The average Bonchev–Trinajstić information content (AvgIpc) is 1.97. The highest BCUT2D eigenvalue weighted by Gasteiger charge is 2.06. The van der Waals surface area contributed by atoms with E-state index in [9.17, 15) is 0 Å². The quantitative estimate of drug-likeness (QED) is 0.494. The Hall–Kier alpha value is 0.795. The smallest absolute Gasteiger partial charge is 0.150 e. The first-order valence-corrected chi connectivity index (χ1v) is 5.69. The van der Waals surface area contributed by atoms with Crippen molar-refractivity contribution >= 4 is 26.9 Å². The van der Waals surface area contributed by atoms with Crippen LogP contribution in [0.3, 0.4) is 0 Å². The highest BCUT2D eigenvalue weighted by Crippen LogP contribution is 2.14. The van der Waals surface area contributed by atoms with Gasteiger partial charge in [0, 0.05) is 0 Å². The molecule has 0 aromatic rings. The topological polar surface area (TPSA) is 0 Å². The molecule has 0 unspecified atom stereocenters. The molecule has 0 heterocycles. The fourth-order valence-corrected chi connectivity index (χ4v) is 1.88. The third-order valence-corrected chi connectivity index (χ3v) is 2.99. The van der Waals surface area contributed by atoms with Gasteiger partial charge in [-0.05, 0) is 0 Å². The summed E-state index contributed by atoms with van der Waals surface area (Å²) >= 11 is 2.59. The third kappa shape index (κ3) is 6.91. The third-order valence-electron chi connectivity index (χ3n) is 1.74. The van der Waals surface area contributed by atoms with E-state index in [1.165, 1.54) is 38.3 Å². The second-order valence-corrected chi connectivity index (χ2v) is 4.64. The van der Waals surface area contributed by atoms with E-state index in [0.717, 1.165) is 4.57 Å². The Labute approximate surface area is 79.1 Å². The normalized spacial score (nSPS) is 9.90. The summed E-state index contributed by atoms with van der Waals surface area (Å²) in [7, 11) is 0. The van der Waals surface area contributed by atoms with Gasteiger partial charge < -0.3 is 0 Å². The highest BCUT2D eigenvalue weighted by atomic mass is 127. The van der Waals surface area contributed by atoms with E-state index in [1.807, 2.05) is 0 Å². The first-order valence-electron chi connectivity index (χ1n) is 4.45. The molecular formula is C8H18BI. The van der Waals surface area contributed by atoms with Crippen molar-refractivity contribution in [3.05, 3.63) is 0 Å². The van der Waals surface area contributed by atoms with Gasteiger partial charge >= 0.3 is 0 Å². The Morgan fingerprint density at radius 2 is 1.40 bits per heavy atom. The molecule has 0 aliphatic carbocycles. The maximum Gasteiger partial charge on any atom is 0.217 e. The van der Waals surface area contributed by atoms with E-state index >= 15 is 0 Å². The molecule has 0 rings (SSSR count). The van der Waals surface area contributed by atoms with Crippen molar-refractivity contribution in [1.29, 1.82) is 0 Å². The molecule has 2 heteroatoms. The number of hydrogen-bond donors (Lipinski definition) is 0. The van der Waals surface area contributed by atoms with Gasteiger partial charge in [-0.2, -0.15) is 0 Å². The van der Waals surface area contributed by atoms with Crippen LogP contribution in [0.4, 0.5) is 0 Å². The van der Waals surface area contributed by atoms with E-state index in [0.29, 0.717) is 0 Å². The van der Waals surface area contributed by atoms with E-state index in [-0.39, 0.29) is 0 Å². The van der Waals surface area contributed by atoms with Gasteiger partial charge in [0.05, 0.1) is 0 Å². The summed E-state index contributed by atoms with van der Waals surface area (Å²) in [6.45, 7) is 4.53. The predicted octanol–water partition coefficient (Wildman–Crippen LogP) is 4.01. The van der Waals surface area contributed by atoms with Crippen LogP contribution in [0.1, 0.15) is 39.5 Å². The van der Waals surface area contributed by atoms with Crippen LogP contribution in [0.15, 0.2) is 0 Å². The molecule has 0 aromatic carbocycles. The van der Waals surface area contributed by atoms with E-state index < -0.39 is 0 Å². The van der Waals surface area contributed by atoms with Gasteiger partial charge in [0.15, 0.2) is 0 Å². The Morgan fingerprint density at radius 3 is 1.70 bits per heavy atom. The Balaban J connectivity index is 3.00. The molecule has 0 aliphatic heterocycles. The molecule has 0 radical (unpaired) electrons. The Morgan fingerprint density at radius 1 is 1.00 bits per heavy atom. The summed E-state index contributed by atoms with van der Waals surface area (Å²) in [5.74, 6) is 0. The molecule has 0 bridgehead atoms. The van der Waals surface area contributed by atoms with Crippen LogP contribution >= 0.6 is 22.4 Å². The maximum absolute atomic E-state index is 2.59. The first-order chi connectivity index (χ1) is 4.81. The molecule has 0 saturated heterocycles. The number of halogens is 1. The summed E-state index contributed by atoms with van der Waals surface area (Å²) in [6.07, 6.45) is 8.39. The minimum absolute atomic E-state index is 0.942. The van der Waals surface area contributed by atoms with Gasteiger partial charge in [-0.15, -0.1) is 22.4 Å². The minimum Gasteiger partial charge on any atom is -0.150 e. The van der Waals surface area contributed by atoms with Crippen LogP contribution in [0, 0.1) is 0 Å². The average molecular weight is 252 g/mol. The van der Waals surface area contributed by atoms with Crippen LogP contribution in [-0.2, 0) is 0 Å². The molecule has 10 heavy (non-hydrogen) atoms. The van der Waals surface area contributed by atoms with E-state index in [4.69, 9.17) is 0 Å². The van der Waals surface area contributed by atoms with Crippen molar-refractivity contribution in [2.24, 2.45) is 0 Å². The fraction of sp³-hybridized carbons (Fsp3) is 1.00. The van der Waals surface area contributed by atoms with E-state index in [1.54, 1.807) is 0 Å². The standard InChI is InChI=1S/C8H18BI/c1-3-5-7-9(10)8-6-4-2/h3-8H2,1-2H3. The molecule has 0 aliphatic rings. The maximum atomic E-state index is 2.59. The van der Waals surface area contributed by atoms with Gasteiger partial charge in [-0.25, -0.2) is 0 Å². The summed E-state index contributed by atoms with van der Waals surface area (Å²) in [4.78, 5) is 0. The molecular weight excluding hydrogens is 234 g/mol. The van der Waals surface area contributed by atoms with Crippen molar-refractivity contribution in [1.82, 2.24) is 0 Å². The van der Waals surface area contributed by atoms with Crippen molar-refractivity contribution in [3.8, 4) is 0 Å². The molecule has 0 N–H and O–H groups in total. The lowest BCUT2D eigenvalue weighted by atomic mass is 9.68. The van der Waals surface area contributed by atoms with Crippen molar-refractivity contribution in [2.75, 3.05) is 0 Å². The number of hydrogen-bond acceptors (Lipinski definition) is 0. The van der Waals surface area contributed by atoms with Gasteiger partial charge in [-0.3, -0.25) is 0 Å². The van der Waals surface area contributed by atoms with Gasteiger partial charge in [0.1, 0.15) is 0 Å². The van der Waals surface area contributed by atoms with Gasteiger partial charge in [0.25, 0.3) is 0 Å². The molecule has 0 spiro atoms. The number of rotatable bonds is 6. The van der Waals surface area contributed by atoms with Crippen molar-refractivity contribution < 1.29 is 0 Å². The number of unbranched alkanes of at least 4 members (excludes halogenated alkanes) is 2. The zero-order valence-electron chi connectivity index (χ0n) is 7.20. The zero-order chi connectivity index (χ0) is 7.82. The summed E-state index contributed by atoms with van der Waals surface area (Å²) in [5, 5.41) is 0. The van der Waals surface area contributed by atoms with Gasteiger partial charge in [0.2, 0.25) is 4.57 Å². The molecule has 0 fully saturated rings. The lowest BCUT2D eigenvalue weighted by Crippen LogP contribution is -2.00. The lowest BCUT2D eigenvalue weighted by Gasteiger charge is -2.02. The first kappa shape index (κ1) is 10.8. The molecule has 0 aromatic heterocycles. The largest absolute Gasteiger partial charge is 0.217 e. The predicted molar refractivity (Wildman–Crippen MR) is 59.2 cm³/mol. The summed E-state index contributed by atoms with van der Waals surface area (Å²) < 4.78 is 0.942. The Kier molecular flexibility index (Phi) is 8.52. The minimum atomic E-state index is 0.942. The second kappa shape index (κ2) is 7.90. The highest BCUT2D eigenvalue weighted by molar-refractivity contribution is 14.1. The monoisotopic (exact) mass is 252 g/mol. The second-order valence-electron chi connectivity index (χ2n) is 2.88. The Bertz CT molecular complexity index is 58.3. The molecule has 0 nitrogen and oxygen atoms in total.